The lowest BCUT2D eigenvalue weighted by atomic mass is 9.86. The fourth-order valence-electron chi connectivity index (χ4n) is 2.11. The lowest BCUT2D eigenvalue weighted by molar-refractivity contribution is 0.308. The van der Waals surface area contributed by atoms with Crippen LogP contribution in [0.4, 0.5) is 5.69 Å². The van der Waals surface area contributed by atoms with Crippen molar-refractivity contribution < 1.29 is 0 Å². The number of hydrogen-bond acceptors (Lipinski definition) is 3. The van der Waals surface area contributed by atoms with Crippen LogP contribution < -0.4 is 10.6 Å². The Labute approximate surface area is 84.9 Å². The fraction of sp³-hybridized carbons (Fsp3) is 0.545. The number of hydrogen-bond donors (Lipinski definition) is 1. The van der Waals surface area contributed by atoms with E-state index in [9.17, 15) is 0 Å². The molecule has 0 bridgehead atoms. The number of nitrogens with two attached hydrogens (primary N) is 1. The van der Waals surface area contributed by atoms with Crippen molar-refractivity contribution in [3.8, 4) is 0 Å². The number of nitrogens with zero attached hydrogens (tertiary/aromatic N) is 2. The van der Waals surface area contributed by atoms with Crippen LogP contribution in [0.5, 0.6) is 0 Å². The highest BCUT2D eigenvalue weighted by atomic mass is 15.2. The van der Waals surface area contributed by atoms with Gasteiger partial charge in [-0.05, 0) is 18.6 Å². The van der Waals surface area contributed by atoms with E-state index in [1.165, 1.54) is 12.1 Å². The number of aromatic nitrogens is 1. The van der Waals surface area contributed by atoms with Crippen LogP contribution >= 0.6 is 0 Å². The van der Waals surface area contributed by atoms with Crippen LogP contribution in [0.15, 0.2) is 24.5 Å². The molecule has 2 rings (SSSR count). The van der Waals surface area contributed by atoms with E-state index in [1.54, 1.807) is 0 Å². The predicted molar refractivity (Wildman–Crippen MR) is 58.3 cm³/mol. The topological polar surface area (TPSA) is 42.1 Å². The van der Waals surface area contributed by atoms with Gasteiger partial charge in [-0.2, -0.15) is 0 Å². The molecule has 0 atom stereocenters. The summed E-state index contributed by atoms with van der Waals surface area (Å²) in [6.07, 6.45) is 5.94. The van der Waals surface area contributed by atoms with Crippen molar-refractivity contribution in [3.63, 3.8) is 0 Å². The van der Waals surface area contributed by atoms with E-state index >= 15 is 0 Å². The molecule has 1 saturated heterocycles. The molecule has 0 spiro atoms. The molecule has 3 nitrogen and oxygen atoms in total. The van der Waals surface area contributed by atoms with Gasteiger partial charge in [-0.25, -0.2) is 0 Å². The first-order valence-corrected chi connectivity index (χ1v) is 5.17. The summed E-state index contributed by atoms with van der Waals surface area (Å²) in [5, 5.41) is 0. The van der Waals surface area contributed by atoms with Gasteiger partial charge >= 0.3 is 0 Å². The third-order valence-corrected chi connectivity index (χ3v) is 2.79. The largest absolute Gasteiger partial charge is 0.368 e. The molecular weight excluding hydrogens is 174 g/mol. The van der Waals surface area contributed by atoms with Crippen LogP contribution in [0, 0.1) is 0 Å². The minimum Gasteiger partial charge on any atom is -0.368 e. The molecule has 0 aliphatic carbocycles. The molecule has 0 unspecified atom stereocenters. The van der Waals surface area contributed by atoms with E-state index in [1.807, 2.05) is 24.5 Å². The van der Waals surface area contributed by atoms with Crippen LogP contribution in [0.3, 0.4) is 0 Å². The molecule has 14 heavy (non-hydrogen) atoms. The Morgan fingerprint density at radius 2 is 2.07 bits per heavy atom. The first-order valence-electron chi connectivity index (χ1n) is 5.17. The zero-order chi connectivity index (χ0) is 10.0. The first-order chi connectivity index (χ1) is 6.73. The molecule has 1 aromatic heterocycles. The van der Waals surface area contributed by atoms with Gasteiger partial charge in [-0.1, -0.05) is 13.3 Å². The van der Waals surface area contributed by atoms with Gasteiger partial charge in [0.15, 0.2) is 0 Å². The van der Waals surface area contributed by atoms with E-state index in [2.05, 4.69) is 16.8 Å². The Kier molecular flexibility index (Phi) is 2.42. The maximum Gasteiger partial charge on any atom is 0.0509 e. The molecule has 1 aliphatic heterocycles. The lowest BCUT2D eigenvalue weighted by Crippen LogP contribution is -2.67. The monoisotopic (exact) mass is 191 g/mol. The van der Waals surface area contributed by atoms with Crippen LogP contribution in [-0.4, -0.2) is 23.6 Å². The molecular formula is C11H17N3. The van der Waals surface area contributed by atoms with Crippen molar-refractivity contribution in [1.29, 1.82) is 0 Å². The van der Waals surface area contributed by atoms with Crippen molar-refractivity contribution in [2.45, 2.75) is 25.3 Å². The van der Waals surface area contributed by atoms with Crippen molar-refractivity contribution in [2.75, 3.05) is 18.0 Å². The van der Waals surface area contributed by atoms with Gasteiger partial charge in [0.25, 0.3) is 0 Å². The smallest absolute Gasteiger partial charge is 0.0509 e. The van der Waals surface area contributed by atoms with Crippen molar-refractivity contribution in [2.24, 2.45) is 5.73 Å². The van der Waals surface area contributed by atoms with E-state index in [0.717, 1.165) is 19.5 Å². The average Bonchev–Trinajstić information content (AvgIpc) is 2.16. The molecule has 1 aliphatic rings. The summed E-state index contributed by atoms with van der Waals surface area (Å²) in [6, 6.07) is 4.07. The van der Waals surface area contributed by atoms with Crippen LogP contribution in [0.25, 0.3) is 0 Å². The third-order valence-electron chi connectivity index (χ3n) is 2.79. The molecule has 76 valence electrons. The van der Waals surface area contributed by atoms with E-state index in [-0.39, 0.29) is 5.54 Å². The summed E-state index contributed by atoms with van der Waals surface area (Å²) < 4.78 is 0. The van der Waals surface area contributed by atoms with Gasteiger partial charge in [0.1, 0.15) is 0 Å². The Balaban J connectivity index is 1.95. The third kappa shape index (κ3) is 1.73. The first kappa shape index (κ1) is 9.46. The van der Waals surface area contributed by atoms with Crippen molar-refractivity contribution >= 4 is 5.69 Å². The second-order valence-electron chi connectivity index (χ2n) is 4.17. The number of pyridine rings is 1. The van der Waals surface area contributed by atoms with Crippen molar-refractivity contribution in [1.82, 2.24) is 4.98 Å². The molecule has 3 heteroatoms. The molecule has 0 amide bonds. The maximum absolute atomic E-state index is 6.18. The van der Waals surface area contributed by atoms with Gasteiger partial charge in [0.2, 0.25) is 0 Å². The Hall–Kier alpha value is -1.09. The van der Waals surface area contributed by atoms with Crippen LogP contribution in [-0.2, 0) is 0 Å². The second-order valence-corrected chi connectivity index (χ2v) is 4.17. The number of anilines is 1. The summed E-state index contributed by atoms with van der Waals surface area (Å²) in [5.74, 6) is 0. The van der Waals surface area contributed by atoms with Crippen molar-refractivity contribution in [3.05, 3.63) is 24.5 Å². The summed E-state index contributed by atoms with van der Waals surface area (Å²) in [6.45, 7) is 4.14. The van der Waals surface area contributed by atoms with E-state index < -0.39 is 0 Å². The summed E-state index contributed by atoms with van der Waals surface area (Å²) in [4.78, 5) is 6.30. The molecule has 0 saturated carbocycles. The lowest BCUT2D eigenvalue weighted by Gasteiger charge is -2.49. The quantitative estimate of drug-likeness (QED) is 0.785. The zero-order valence-corrected chi connectivity index (χ0v) is 8.61. The Bertz CT molecular complexity index is 291. The predicted octanol–water partition coefficient (Wildman–Crippen LogP) is 1.40. The van der Waals surface area contributed by atoms with Gasteiger partial charge in [-0.3, -0.25) is 4.98 Å². The average molecular weight is 191 g/mol. The molecule has 2 N–H and O–H groups in total. The molecule has 1 fully saturated rings. The molecule has 1 aromatic rings. The van der Waals surface area contributed by atoms with Crippen LogP contribution in [0.2, 0.25) is 0 Å². The Morgan fingerprint density at radius 3 is 2.64 bits per heavy atom. The van der Waals surface area contributed by atoms with E-state index in [4.69, 9.17) is 5.73 Å². The highest BCUT2D eigenvalue weighted by Crippen LogP contribution is 2.28. The maximum atomic E-state index is 6.18. The minimum atomic E-state index is 0.0536. The summed E-state index contributed by atoms with van der Waals surface area (Å²) in [7, 11) is 0. The zero-order valence-electron chi connectivity index (χ0n) is 8.61. The minimum absolute atomic E-state index is 0.0536. The highest BCUT2D eigenvalue weighted by Gasteiger charge is 2.38. The standard InChI is InChI=1S/C11H17N3/c1-2-5-11(12)8-14(9-11)10-3-6-13-7-4-10/h3-4,6-7H,2,5,8-9,12H2,1H3. The van der Waals surface area contributed by atoms with Crippen LogP contribution in [0.1, 0.15) is 19.8 Å². The van der Waals surface area contributed by atoms with Gasteiger partial charge < -0.3 is 10.6 Å². The number of rotatable bonds is 3. The van der Waals surface area contributed by atoms with E-state index in [0.29, 0.717) is 0 Å². The van der Waals surface area contributed by atoms with Gasteiger partial charge in [0, 0.05) is 31.2 Å². The highest BCUT2D eigenvalue weighted by molar-refractivity contribution is 5.49. The molecule has 2 heterocycles. The summed E-state index contributed by atoms with van der Waals surface area (Å²) in [5.41, 5.74) is 7.47. The normalized spacial score (nSPS) is 19.1. The Morgan fingerprint density at radius 1 is 1.43 bits per heavy atom. The second kappa shape index (κ2) is 3.58. The molecule has 0 radical (unpaired) electrons. The fourth-order valence-corrected chi connectivity index (χ4v) is 2.11. The van der Waals surface area contributed by atoms with Gasteiger partial charge in [-0.15, -0.1) is 0 Å². The van der Waals surface area contributed by atoms with Gasteiger partial charge in [0.05, 0.1) is 5.54 Å². The summed E-state index contributed by atoms with van der Waals surface area (Å²) >= 11 is 0. The molecule has 0 aromatic carbocycles. The SMILES string of the molecule is CCCC1(N)CN(c2ccncc2)C1.